The molecule has 1 heterocycles. The summed E-state index contributed by atoms with van der Waals surface area (Å²) >= 11 is 0. The Balaban J connectivity index is 2.56. The summed E-state index contributed by atoms with van der Waals surface area (Å²) in [6, 6.07) is 1.96. The Kier molecular flexibility index (Phi) is 5.12. The Labute approximate surface area is 91.7 Å². The first kappa shape index (κ1) is 12.0. The first-order valence-corrected chi connectivity index (χ1v) is 5.57. The van der Waals surface area contributed by atoms with Crippen molar-refractivity contribution in [3.8, 4) is 5.88 Å². The number of hydrogen-bond donors (Lipinski definition) is 1. The van der Waals surface area contributed by atoms with E-state index in [9.17, 15) is 0 Å². The number of aromatic nitrogens is 1. The second-order valence-electron chi connectivity index (χ2n) is 3.67. The van der Waals surface area contributed by atoms with Crippen molar-refractivity contribution in [3.05, 3.63) is 23.4 Å². The van der Waals surface area contributed by atoms with Crippen LogP contribution in [0.1, 0.15) is 37.3 Å². The number of aryl methyl sites for hydroxylation is 1. The molecule has 0 fully saturated rings. The van der Waals surface area contributed by atoms with Crippen molar-refractivity contribution < 1.29 is 4.74 Å². The van der Waals surface area contributed by atoms with E-state index in [1.54, 1.807) is 6.20 Å². The lowest BCUT2D eigenvalue weighted by atomic mass is 10.1. The Hall–Kier alpha value is -1.09. The zero-order valence-electron chi connectivity index (χ0n) is 9.62. The van der Waals surface area contributed by atoms with Crippen molar-refractivity contribution in [1.82, 2.24) is 4.98 Å². The minimum absolute atomic E-state index is 0.489. The molecule has 0 radical (unpaired) electrons. The minimum Gasteiger partial charge on any atom is -0.477 e. The van der Waals surface area contributed by atoms with Gasteiger partial charge in [-0.25, -0.2) is 4.98 Å². The molecule has 0 unspecified atom stereocenters. The van der Waals surface area contributed by atoms with E-state index in [4.69, 9.17) is 10.5 Å². The van der Waals surface area contributed by atoms with Crippen LogP contribution in [-0.4, -0.2) is 11.6 Å². The van der Waals surface area contributed by atoms with Gasteiger partial charge in [-0.2, -0.15) is 0 Å². The van der Waals surface area contributed by atoms with Crippen molar-refractivity contribution in [2.45, 2.75) is 39.7 Å². The molecule has 15 heavy (non-hydrogen) atoms. The molecule has 0 aromatic carbocycles. The molecular formula is C12H20N2O. The van der Waals surface area contributed by atoms with Gasteiger partial charge in [0.15, 0.2) is 0 Å². The van der Waals surface area contributed by atoms with E-state index >= 15 is 0 Å². The highest BCUT2D eigenvalue weighted by atomic mass is 16.5. The van der Waals surface area contributed by atoms with Crippen LogP contribution < -0.4 is 10.5 Å². The van der Waals surface area contributed by atoms with Gasteiger partial charge in [-0.3, -0.25) is 0 Å². The third-order valence-electron chi connectivity index (χ3n) is 2.44. The molecule has 84 valence electrons. The fraction of sp³-hybridized carbons (Fsp3) is 0.583. The maximum atomic E-state index is 5.66. The van der Waals surface area contributed by atoms with Crippen LogP contribution in [0.25, 0.3) is 0 Å². The summed E-state index contributed by atoms with van der Waals surface area (Å²) in [6.07, 6.45) is 5.25. The number of ether oxygens (including phenoxy) is 1. The Morgan fingerprint density at radius 1 is 1.40 bits per heavy atom. The Morgan fingerprint density at radius 2 is 2.20 bits per heavy atom. The first-order valence-electron chi connectivity index (χ1n) is 5.57. The third kappa shape index (κ3) is 3.51. The molecule has 0 bridgehead atoms. The monoisotopic (exact) mass is 208 g/mol. The summed E-state index contributed by atoms with van der Waals surface area (Å²) in [5, 5.41) is 0. The molecule has 0 atom stereocenters. The van der Waals surface area contributed by atoms with Crippen molar-refractivity contribution in [2.24, 2.45) is 5.73 Å². The lowest BCUT2D eigenvalue weighted by Gasteiger charge is -2.10. The van der Waals surface area contributed by atoms with Crippen LogP contribution in [-0.2, 0) is 6.54 Å². The average molecular weight is 208 g/mol. The van der Waals surface area contributed by atoms with E-state index in [-0.39, 0.29) is 0 Å². The summed E-state index contributed by atoms with van der Waals surface area (Å²) < 4.78 is 5.62. The van der Waals surface area contributed by atoms with Crippen LogP contribution in [0.15, 0.2) is 12.3 Å². The van der Waals surface area contributed by atoms with E-state index in [2.05, 4.69) is 11.9 Å². The minimum atomic E-state index is 0.489. The second kappa shape index (κ2) is 6.40. The summed E-state index contributed by atoms with van der Waals surface area (Å²) in [6.45, 7) is 5.43. The molecule has 1 aromatic rings. The molecule has 0 saturated heterocycles. The number of rotatable bonds is 6. The molecule has 0 amide bonds. The summed E-state index contributed by atoms with van der Waals surface area (Å²) in [5.74, 6) is 0.702. The maximum absolute atomic E-state index is 5.66. The molecule has 2 N–H and O–H groups in total. The highest BCUT2D eigenvalue weighted by Crippen LogP contribution is 2.18. The Bertz CT molecular complexity index is 300. The van der Waals surface area contributed by atoms with Gasteiger partial charge in [-0.05, 0) is 25.0 Å². The SMILES string of the molecule is CCCCCOc1nccc(C)c1CN. The average Bonchev–Trinajstić information content (AvgIpc) is 2.24. The molecule has 1 rings (SSSR count). The molecule has 3 heteroatoms. The molecular weight excluding hydrogens is 188 g/mol. The molecule has 0 aliphatic carbocycles. The van der Waals surface area contributed by atoms with E-state index in [0.29, 0.717) is 12.4 Å². The normalized spacial score (nSPS) is 10.3. The van der Waals surface area contributed by atoms with Crippen LogP contribution in [0.2, 0.25) is 0 Å². The standard InChI is InChI=1S/C12H20N2O/c1-3-4-5-8-15-12-11(9-13)10(2)6-7-14-12/h6-7H,3-5,8-9,13H2,1-2H3. The smallest absolute Gasteiger partial charge is 0.218 e. The van der Waals surface area contributed by atoms with Crippen molar-refractivity contribution in [3.63, 3.8) is 0 Å². The van der Waals surface area contributed by atoms with Gasteiger partial charge in [0.05, 0.1) is 6.61 Å². The lowest BCUT2D eigenvalue weighted by molar-refractivity contribution is 0.291. The quantitative estimate of drug-likeness (QED) is 0.730. The van der Waals surface area contributed by atoms with Crippen LogP contribution >= 0.6 is 0 Å². The number of nitrogens with two attached hydrogens (primary N) is 1. The maximum Gasteiger partial charge on any atom is 0.218 e. The van der Waals surface area contributed by atoms with Gasteiger partial charge in [0.2, 0.25) is 5.88 Å². The van der Waals surface area contributed by atoms with Crippen molar-refractivity contribution >= 4 is 0 Å². The van der Waals surface area contributed by atoms with E-state index in [1.807, 2.05) is 13.0 Å². The van der Waals surface area contributed by atoms with Gasteiger partial charge in [0.25, 0.3) is 0 Å². The second-order valence-corrected chi connectivity index (χ2v) is 3.67. The third-order valence-corrected chi connectivity index (χ3v) is 2.44. The largest absolute Gasteiger partial charge is 0.477 e. The fourth-order valence-electron chi connectivity index (χ4n) is 1.46. The van der Waals surface area contributed by atoms with Crippen LogP contribution in [0, 0.1) is 6.92 Å². The summed E-state index contributed by atoms with van der Waals surface area (Å²) in [7, 11) is 0. The van der Waals surface area contributed by atoms with Gasteiger partial charge in [0, 0.05) is 18.3 Å². The van der Waals surface area contributed by atoms with Crippen LogP contribution in [0.5, 0.6) is 5.88 Å². The molecule has 0 aliphatic heterocycles. The molecule has 0 spiro atoms. The number of hydrogen-bond acceptors (Lipinski definition) is 3. The van der Waals surface area contributed by atoms with E-state index in [1.165, 1.54) is 12.8 Å². The predicted octanol–water partition coefficient (Wildman–Crippen LogP) is 2.42. The Morgan fingerprint density at radius 3 is 2.87 bits per heavy atom. The predicted molar refractivity (Wildman–Crippen MR) is 61.9 cm³/mol. The zero-order chi connectivity index (χ0) is 11.1. The van der Waals surface area contributed by atoms with Gasteiger partial charge in [-0.15, -0.1) is 0 Å². The fourth-order valence-corrected chi connectivity index (χ4v) is 1.46. The summed E-state index contributed by atoms with van der Waals surface area (Å²) in [4.78, 5) is 4.21. The molecule has 0 aliphatic rings. The van der Waals surface area contributed by atoms with Crippen LogP contribution in [0.3, 0.4) is 0 Å². The highest BCUT2D eigenvalue weighted by molar-refractivity contribution is 5.33. The lowest BCUT2D eigenvalue weighted by Crippen LogP contribution is -2.07. The first-order chi connectivity index (χ1) is 7.29. The van der Waals surface area contributed by atoms with Gasteiger partial charge in [-0.1, -0.05) is 19.8 Å². The van der Waals surface area contributed by atoms with Crippen molar-refractivity contribution in [2.75, 3.05) is 6.61 Å². The number of pyridine rings is 1. The number of unbranched alkanes of at least 4 members (excludes halogenated alkanes) is 2. The van der Waals surface area contributed by atoms with Gasteiger partial charge < -0.3 is 10.5 Å². The van der Waals surface area contributed by atoms with E-state index < -0.39 is 0 Å². The molecule has 1 aromatic heterocycles. The van der Waals surface area contributed by atoms with E-state index in [0.717, 1.165) is 24.2 Å². The van der Waals surface area contributed by atoms with Crippen molar-refractivity contribution in [1.29, 1.82) is 0 Å². The number of nitrogens with zero attached hydrogens (tertiary/aromatic N) is 1. The molecule has 3 nitrogen and oxygen atoms in total. The summed E-state index contributed by atoms with van der Waals surface area (Å²) in [5.41, 5.74) is 7.84. The van der Waals surface area contributed by atoms with Gasteiger partial charge >= 0.3 is 0 Å². The zero-order valence-corrected chi connectivity index (χ0v) is 9.62. The molecule has 0 saturated carbocycles. The highest BCUT2D eigenvalue weighted by Gasteiger charge is 2.05. The van der Waals surface area contributed by atoms with Crippen LogP contribution in [0.4, 0.5) is 0 Å². The van der Waals surface area contributed by atoms with Gasteiger partial charge in [0.1, 0.15) is 0 Å². The topological polar surface area (TPSA) is 48.1 Å².